The molecular formula is C10H7FN2O2S. The summed E-state index contributed by atoms with van der Waals surface area (Å²) in [5.74, 6) is -1.61. The van der Waals surface area contributed by atoms with Gasteiger partial charge in [0, 0.05) is 11.6 Å². The zero-order chi connectivity index (χ0) is 11.5. The number of aromatic nitrogens is 1. The number of carboxylic acids is 1. The Morgan fingerprint density at radius 2 is 2.31 bits per heavy atom. The molecule has 0 spiro atoms. The summed E-state index contributed by atoms with van der Waals surface area (Å²) in [6.45, 7) is 0. The predicted molar refractivity (Wildman–Crippen MR) is 58.8 cm³/mol. The maximum Gasteiger partial charge on any atom is 0.337 e. The lowest BCUT2D eigenvalue weighted by Crippen LogP contribution is -2.02. The van der Waals surface area contributed by atoms with E-state index in [0.717, 1.165) is 12.1 Å². The van der Waals surface area contributed by atoms with Gasteiger partial charge in [-0.05, 0) is 18.2 Å². The van der Waals surface area contributed by atoms with Crippen molar-refractivity contribution in [3.05, 3.63) is 41.2 Å². The van der Waals surface area contributed by atoms with E-state index in [-0.39, 0.29) is 11.3 Å². The summed E-state index contributed by atoms with van der Waals surface area (Å²) in [6.07, 6.45) is 1.58. The molecule has 6 heteroatoms. The van der Waals surface area contributed by atoms with Crippen LogP contribution in [-0.2, 0) is 0 Å². The Morgan fingerprint density at radius 1 is 1.50 bits per heavy atom. The minimum Gasteiger partial charge on any atom is -0.478 e. The van der Waals surface area contributed by atoms with Crippen molar-refractivity contribution >= 4 is 28.1 Å². The molecule has 0 aliphatic rings. The summed E-state index contributed by atoms with van der Waals surface area (Å²) in [4.78, 5) is 14.8. The Balaban J connectivity index is 2.38. The number of hydrogen-bond acceptors (Lipinski definition) is 4. The highest BCUT2D eigenvalue weighted by atomic mass is 32.1. The first kappa shape index (κ1) is 10.6. The van der Waals surface area contributed by atoms with Gasteiger partial charge in [-0.25, -0.2) is 14.2 Å². The van der Waals surface area contributed by atoms with Crippen LogP contribution in [0.2, 0.25) is 0 Å². The zero-order valence-corrected chi connectivity index (χ0v) is 8.79. The van der Waals surface area contributed by atoms with Crippen LogP contribution >= 0.6 is 11.3 Å². The number of aromatic carboxylic acids is 1. The normalized spacial score (nSPS) is 10.1. The van der Waals surface area contributed by atoms with Gasteiger partial charge < -0.3 is 10.4 Å². The third-order valence-corrected chi connectivity index (χ3v) is 2.57. The standard InChI is InChI=1S/C10H7FN2O2S/c11-6-1-2-7(9(14)15)8(5-6)13-10-12-3-4-16-10/h1-5H,(H,12,13)(H,14,15). The van der Waals surface area contributed by atoms with Crippen molar-refractivity contribution in [2.24, 2.45) is 0 Å². The fourth-order valence-corrected chi connectivity index (χ4v) is 1.75. The second kappa shape index (κ2) is 4.28. The fraction of sp³-hybridized carbons (Fsp3) is 0. The lowest BCUT2D eigenvalue weighted by atomic mass is 10.2. The van der Waals surface area contributed by atoms with Crippen LogP contribution in [0.1, 0.15) is 10.4 Å². The molecule has 0 radical (unpaired) electrons. The Labute approximate surface area is 94.4 Å². The molecule has 2 N–H and O–H groups in total. The topological polar surface area (TPSA) is 62.2 Å². The lowest BCUT2D eigenvalue weighted by Gasteiger charge is -2.06. The van der Waals surface area contributed by atoms with Crippen molar-refractivity contribution in [1.29, 1.82) is 0 Å². The maximum atomic E-state index is 13.0. The minimum absolute atomic E-state index is 0.0107. The van der Waals surface area contributed by atoms with E-state index in [4.69, 9.17) is 5.11 Å². The molecule has 0 aliphatic carbocycles. The van der Waals surface area contributed by atoms with Crippen LogP contribution in [0.5, 0.6) is 0 Å². The highest BCUT2D eigenvalue weighted by Gasteiger charge is 2.11. The third-order valence-electron chi connectivity index (χ3n) is 1.89. The van der Waals surface area contributed by atoms with Gasteiger partial charge >= 0.3 is 5.97 Å². The number of thiazole rings is 1. The van der Waals surface area contributed by atoms with Gasteiger partial charge in [0.05, 0.1) is 11.3 Å². The summed E-state index contributed by atoms with van der Waals surface area (Å²) in [7, 11) is 0. The summed E-state index contributed by atoms with van der Waals surface area (Å²) < 4.78 is 13.0. The molecule has 0 saturated heterocycles. The number of carboxylic acid groups (broad SMARTS) is 1. The van der Waals surface area contributed by atoms with E-state index in [9.17, 15) is 9.18 Å². The quantitative estimate of drug-likeness (QED) is 0.863. The first-order valence-corrected chi connectivity index (χ1v) is 5.24. The van der Waals surface area contributed by atoms with Crippen LogP contribution in [-0.4, -0.2) is 16.1 Å². The smallest absolute Gasteiger partial charge is 0.337 e. The van der Waals surface area contributed by atoms with Crippen molar-refractivity contribution in [3.63, 3.8) is 0 Å². The molecule has 0 aliphatic heterocycles. The molecular weight excluding hydrogens is 231 g/mol. The summed E-state index contributed by atoms with van der Waals surface area (Å²) >= 11 is 1.31. The second-order valence-electron chi connectivity index (χ2n) is 2.96. The summed E-state index contributed by atoms with van der Waals surface area (Å²) in [6, 6.07) is 3.45. The molecule has 0 fully saturated rings. The van der Waals surface area contributed by atoms with E-state index >= 15 is 0 Å². The van der Waals surface area contributed by atoms with Gasteiger partial charge in [0.25, 0.3) is 0 Å². The van der Waals surface area contributed by atoms with Crippen LogP contribution in [0.15, 0.2) is 29.8 Å². The van der Waals surface area contributed by atoms with Crippen LogP contribution in [0.4, 0.5) is 15.2 Å². The zero-order valence-electron chi connectivity index (χ0n) is 7.98. The maximum absolute atomic E-state index is 13.0. The highest BCUT2D eigenvalue weighted by Crippen LogP contribution is 2.23. The number of carbonyl (C=O) groups is 1. The van der Waals surface area contributed by atoms with Crippen molar-refractivity contribution in [2.75, 3.05) is 5.32 Å². The molecule has 0 atom stereocenters. The monoisotopic (exact) mass is 238 g/mol. The van der Waals surface area contributed by atoms with Gasteiger partial charge in [0.2, 0.25) is 0 Å². The van der Waals surface area contributed by atoms with Gasteiger partial charge in [-0.2, -0.15) is 0 Å². The average molecular weight is 238 g/mol. The summed E-state index contributed by atoms with van der Waals surface area (Å²) in [5, 5.41) is 13.9. The molecule has 0 unspecified atom stereocenters. The lowest BCUT2D eigenvalue weighted by molar-refractivity contribution is 0.0698. The summed E-state index contributed by atoms with van der Waals surface area (Å²) in [5.41, 5.74) is 0.207. The van der Waals surface area contributed by atoms with E-state index in [1.54, 1.807) is 11.6 Å². The molecule has 0 saturated carbocycles. The van der Waals surface area contributed by atoms with Crippen LogP contribution in [0, 0.1) is 5.82 Å². The molecule has 1 aromatic heterocycles. The van der Waals surface area contributed by atoms with E-state index < -0.39 is 11.8 Å². The van der Waals surface area contributed by atoms with Crippen LogP contribution < -0.4 is 5.32 Å². The number of nitrogens with zero attached hydrogens (tertiary/aromatic N) is 1. The predicted octanol–water partition coefficient (Wildman–Crippen LogP) is 2.72. The first-order valence-electron chi connectivity index (χ1n) is 4.36. The molecule has 16 heavy (non-hydrogen) atoms. The number of hydrogen-bond donors (Lipinski definition) is 2. The van der Waals surface area contributed by atoms with E-state index in [2.05, 4.69) is 10.3 Å². The van der Waals surface area contributed by atoms with Crippen molar-refractivity contribution in [2.45, 2.75) is 0 Å². The number of anilines is 2. The van der Waals surface area contributed by atoms with Gasteiger partial charge in [-0.1, -0.05) is 0 Å². The van der Waals surface area contributed by atoms with Crippen LogP contribution in [0.25, 0.3) is 0 Å². The fourth-order valence-electron chi connectivity index (χ4n) is 1.21. The Morgan fingerprint density at radius 3 is 2.94 bits per heavy atom. The van der Waals surface area contributed by atoms with Crippen molar-refractivity contribution in [1.82, 2.24) is 4.98 Å². The van der Waals surface area contributed by atoms with E-state index in [1.165, 1.54) is 17.4 Å². The minimum atomic E-state index is -1.11. The molecule has 2 aromatic rings. The number of halogens is 1. The molecule has 0 bridgehead atoms. The Hall–Kier alpha value is -1.95. The van der Waals surface area contributed by atoms with Gasteiger partial charge in [-0.3, -0.25) is 0 Å². The largest absolute Gasteiger partial charge is 0.478 e. The molecule has 1 aromatic carbocycles. The number of nitrogens with one attached hydrogen (secondary N) is 1. The van der Waals surface area contributed by atoms with Crippen molar-refractivity contribution in [3.8, 4) is 0 Å². The highest BCUT2D eigenvalue weighted by molar-refractivity contribution is 7.13. The number of rotatable bonds is 3. The SMILES string of the molecule is O=C(O)c1ccc(F)cc1Nc1nccs1. The van der Waals surface area contributed by atoms with Crippen molar-refractivity contribution < 1.29 is 14.3 Å². The van der Waals surface area contributed by atoms with E-state index in [1.807, 2.05) is 0 Å². The van der Waals surface area contributed by atoms with E-state index in [0.29, 0.717) is 5.13 Å². The van der Waals surface area contributed by atoms with Gasteiger partial charge in [-0.15, -0.1) is 11.3 Å². The molecule has 4 nitrogen and oxygen atoms in total. The first-order chi connectivity index (χ1) is 7.66. The van der Waals surface area contributed by atoms with Crippen LogP contribution in [0.3, 0.4) is 0 Å². The average Bonchev–Trinajstić information content (AvgIpc) is 2.70. The van der Waals surface area contributed by atoms with Gasteiger partial charge in [0.1, 0.15) is 5.82 Å². The molecule has 0 amide bonds. The molecule has 1 heterocycles. The second-order valence-corrected chi connectivity index (χ2v) is 3.85. The Kier molecular flexibility index (Phi) is 2.82. The number of benzene rings is 1. The van der Waals surface area contributed by atoms with Gasteiger partial charge in [0.15, 0.2) is 5.13 Å². The Bertz CT molecular complexity index is 514. The molecule has 2 rings (SSSR count). The molecule has 82 valence electrons. The third kappa shape index (κ3) is 2.17.